The molecule has 192 valence electrons. The van der Waals surface area contributed by atoms with Crippen molar-refractivity contribution in [3.05, 3.63) is 11.6 Å². The minimum atomic E-state index is -8.19. The van der Waals surface area contributed by atoms with E-state index < -0.39 is 68.4 Å². The van der Waals surface area contributed by atoms with E-state index in [1.807, 2.05) is 0 Å². The Bertz CT molecular complexity index is 735. The maximum absolute atomic E-state index is 13.8. The van der Waals surface area contributed by atoms with Gasteiger partial charge in [-0.15, -0.1) is 0 Å². The second-order valence-electron chi connectivity index (χ2n) is 5.61. The van der Waals surface area contributed by atoms with Crippen molar-refractivity contribution >= 4 is 7.82 Å². The molecule has 0 saturated carbocycles. The number of allylic oxidation sites excluding steroid dienone is 2. The lowest BCUT2D eigenvalue weighted by atomic mass is 9.93. The molecule has 0 saturated heterocycles. The number of phosphoric ester groups is 1. The van der Waals surface area contributed by atoms with Crippen molar-refractivity contribution < 1.29 is 79.6 Å². The second-order valence-corrected chi connectivity index (χ2v) is 7.21. The lowest BCUT2D eigenvalue weighted by Gasteiger charge is -2.39. The normalized spacial score (nSPS) is 16.2. The van der Waals surface area contributed by atoms with Crippen LogP contribution in [0.1, 0.15) is 20.8 Å². The first kappa shape index (κ1) is 30.7. The summed E-state index contributed by atoms with van der Waals surface area (Å²) in [5.74, 6) is -45.6. The van der Waals surface area contributed by atoms with Crippen molar-refractivity contribution in [1.82, 2.24) is 0 Å². The van der Waals surface area contributed by atoms with Crippen LogP contribution < -0.4 is 0 Å². The average molecular weight is 530 g/mol. The Labute approximate surface area is 170 Å². The van der Waals surface area contributed by atoms with E-state index >= 15 is 0 Å². The van der Waals surface area contributed by atoms with Crippen LogP contribution in [-0.2, 0) is 18.1 Å². The zero-order valence-corrected chi connectivity index (χ0v) is 16.7. The molecule has 19 heteroatoms. The molecule has 0 heterocycles. The Morgan fingerprint density at radius 1 is 0.688 bits per heavy atom. The van der Waals surface area contributed by atoms with Crippen LogP contribution in [0.5, 0.6) is 0 Å². The minimum Gasteiger partial charge on any atom is -0.406 e. The summed E-state index contributed by atoms with van der Waals surface area (Å²) in [5, 5.41) is 0. The molecule has 0 aromatic heterocycles. The first-order valence-electron chi connectivity index (χ1n) is 7.82. The van der Waals surface area contributed by atoms with Gasteiger partial charge < -0.3 is 4.52 Å². The standard InChI is InChI=1S/C13H13F14O4P/c1-4-29-32(28,30-5-2)31-6(3)7(14)8(15,16)9(17,18)10(19,20)11(21,22)12(23,24)13(25,26)27/h4-5H2,1-3H3/b7-6+. The lowest BCUT2D eigenvalue weighted by molar-refractivity contribution is -0.437. The second kappa shape index (κ2) is 9.16. The van der Waals surface area contributed by atoms with Gasteiger partial charge in [0.2, 0.25) is 5.83 Å². The summed E-state index contributed by atoms with van der Waals surface area (Å²) in [4.78, 5) is 0. The minimum absolute atomic E-state index is 0.0788. The number of rotatable bonds is 11. The largest absolute Gasteiger partial charge is 0.529 e. The van der Waals surface area contributed by atoms with Gasteiger partial charge in [0.15, 0.2) is 0 Å². The summed E-state index contributed by atoms with van der Waals surface area (Å²) in [7, 11) is -5.05. The van der Waals surface area contributed by atoms with E-state index in [1.165, 1.54) is 0 Å². The molecule has 0 unspecified atom stereocenters. The molecule has 0 aliphatic carbocycles. The van der Waals surface area contributed by atoms with Crippen LogP contribution in [0.4, 0.5) is 61.5 Å². The van der Waals surface area contributed by atoms with Gasteiger partial charge in [-0.05, 0) is 20.8 Å². The van der Waals surface area contributed by atoms with Crippen LogP contribution in [-0.4, -0.2) is 49.0 Å². The molecule has 0 fully saturated rings. The Morgan fingerprint density at radius 2 is 1.03 bits per heavy atom. The van der Waals surface area contributed by atoms with Gasteiger partial charge in [0, 0.05) is 0 Å². The molecular formula is C13H13F14O4P. The third kappa shape index (κ3) is 4.95. The fraction of sp³-hybridized carbons (Fsp3) is 0.846. The summed E-state index contributed by atoms with van der Waals surface area (Å²) in [6.45, 7) is 0.878. The molecule has 0 aromatic rings. The third-order valence-electron chi connectivity index (χ3n) is 3.34. The maximum atomic E-state index is 13.8. The summed E-state index contributed by atoms with van der Waals surface area (Å²) in [6, 6.07) is 0. The van der Waals surface area contributed by atoms with E-state index in [-0.39, 0.29) is 6.92 Å². The Morgan fingerprint density at radius 3 is 1.34 bits per heavy atom. The van der Waals surface area contributed by atoms with Crippen LogP contribution in [0, 0.1) is 0 Å². The van der Waals surface area contributed by atoms with Gasteiger partial charge in [-0.1, -0.05) is 0 Å². The predicted molar refractivity (Wildman–Crippen MR) is 76.5 cm³/mol. The number of phosphoric acid groups is 1. The fourth-order valence-electron chi connectivity index (χ4n) is 1.74. The van der Waals surface area contributed by atoms with Crippen molar-refractivity contribution in [3.63, 3.8) is 0 Å². The van der Waals surface area contributed by atoms with Crippen molar-refractivity contribution in [2.75, 3.05) is 13.2 Å². The van der Waals surface area contributed by atoms with Crippen molar-refractivity contribution in [3.8, 4) is 0 Å². The van der Waals surface area contributed by atoms with E-state index in [0.29, 0.717) is 0 Å². The van der Waals surface area contributed by atoms with Gasteiger partial charge >= 0.3 is 43.6 Å². The van der Waals surface area contributed by atoms with E-state index in [0.717, 1.165) is 13.8 Å². The Kier molecular flexibility index (Phi) is 8.79. The van der Waals surface area contributed by atoms with Gasteiger partial charge in [-0.3, -0.25) is 9.05 Å². The molecule has 0 spiro atoms. The van der Waals surface area contributed by atoms with E-state index in [4.69, 9.17) is 0 Å². The maximum Gasteiger partial charge on any atom is 0.529 e. The van der Waals surface area contributed by atoms with Gasteiger partial charge in [0.05, 0.1) is 13.2 Å². The zero-order valence-electron chi connectivity index (χ0n) is 15.8. The number of hydrogen-bond acceptors (Lipinski definition) is 4. The molecule has 0 radical (unpaired) electrons. The zero-order chi connectivity index (χ0) is 26.2. The molecule has 0 bridgehead atoms. The molecule has 0 aliphatic heterocycles. The summed E-state index contributed by atoms with van der Waals surface area (Å²) in [5.41, 5.74) is 0. The summed E-state index contributed by atoms with van der Waals surface area (Å²) >= 11 is 0. The highest BCUT2D eigenvalue weighted by molar-refractivity contribution is 7.48. The first-order valence-corrected chi connectivity index (χ1v) is 9.28. The first-order chi connectivity index (χ1) is 13.9. The SMILES string of the molecule is CCOP(=O)(OCC)O/C(C)=C(/F)C(F)(F)C(F)(F)C(F)(F)C(F)(F)C(F)(F)C(F)(F)F. The van der Waals surface area contributed by atoms with Crippen LogP contribution in [0.25, 0.3) is 0 Å². The lowest BCUT2D eigenvalue weighted by Crippen LogP contribution is -2.70. The highest BCUT2D eigenvalue weighted by atomic mass is 31.2. The van der Waals surface area contributed by atoms with E-state index in [2.05, 4.69) is 13.6 Å². The molecule has 0 N–H and O–H groups in total. The Balaban J connectivity index is 6.54. The van der Waals surface area contributed by atoms with Gasteiger partial charge in [0.1, 0.15) is 5.76 Å². The molecule has 0 aliphatic rings. The summed E-state index contributed by atoms with van der Waals surface area (Å²) < 4.78 is 207. The van der Waals surface area contributed by atoms with Crippen molar-refractivity contribution in [2.24, 2.45) is 0 Å². The van der Waals surface area contributed by atoms with Crippen molar-refractivity contribution in [1.29, 1.82) is 0 Å². The number of alkyl halides is 13. The monoisotopic (exact) mass is 530 g/mol. The highest BCUT2D eigenvalue weighted by Crippen LogP contribution is 2.62. The van der Waals surface area contributed by atoms with Crippen LogP contribution in [0.2, 0.25) is 0 Å². The third-order valence-corrected chi connectivity index (χ3v) is 4.99. The fourth-order valence-corrected chi connectivity index (χ4v) is 2.97. The highest BCUT2D eigenvalue weighted by Gasteiger charge is 2.91. The van der Waals surface area contributed by atoms with Crippen LogP contribution >= 0.6 is 7.82 Å². The van der Waals surface area contributed by atoms with Gasteiger partial charge in [-0.2, -0.15) is 57.1 Å². The quantitative estimate of drug-likeness (QED) is 0.162. The average Bonchev–Trinajstić information content (AvgIpc) is 2.59. The van der Waals surface area contributed by atoms with Crippen LogP contribution in [0.15, 0.2) is 11.6 Å². The van der Waals surface area contributed by atoms with Gasteiger partial charge in [0.25, 0.3) is 0 Å². The topological polar surface area (TPSA) is 44.8 Å². The number of hydrogen-bond donors (Lipinski definition) is 0. The van der Waals surface area contributed by atoms with Gasteiger partial charge in [-0.25, -0.2) is 8.96 Å². The molecule has 0 atom stereocenters. The molecule has 4 nitrogen and oxygen atoms in total. The van der Waals surface area contributed by atoms with E-state index in [1.54, 1.807) is 0 Å². The molecule has 32 heavy (non-hydrogen) atoms. The molecule has 0 aromatic carbocycles. The molecule has 0 amide bonds. The Hall–Kier alpha value is -1.29. The summed E-state index contributed by atoms with van der Waals surface area (Å²) in [6.07, 6.45) is -7.60. The van der Waals surface area contributed by atoms with Crippen molar-refractivity contribution in [2.45, 2.75) is 56.6 Å². The molecule has 0 rings (SSSR count). The van der Waals surface area contributed by atoms with E-state index in [9.17, 15) is 66.0 Å². The number of halogens is 14. The smallest absolute Gasteiger partial charge is 0.406 e. The molecular weight excluding hydrogens is 517 g/mol. The van der Waals surface area contributed by atoms with Crippen LogP contribution in [0.3, 0.4) is 0 Å². The predicted octanol–water partition coefficient (Wildman–Crippen LogP) is 7.12.